The molecule has 0 radical (unpaired) electrons. The zero-order valence-electron chi connectivity index (χ0n) is 15.5. The highest BCUT2D eigenvalue weighted by Crippen LogP contribution is 2.24. The van der Waals surface area contributed by atoms with E-state index < -0.39 is 0 Å². The number of rotatable bonds is 7. The summed E-state index contributed by atoms with van der Waals surface area (Å²) in [7, 11) is 0. The summed E-state index contributed by atoms with van der Waals surface area (Å²) >= 11 is 1.19. The lowest BCUT2D eigenvalue weighted by molar-refractivity contribution is -0.113. The fourth-order valence-corrected chi connectivity index (χ4v) is 3.12. The van der Waals surface area contributed by atoms with E-state index in [0.717, 1.165) is 28.1 Å². The fourth-order valence-electron chi connectivity index (χ4n) is 2.54. The Balaban J connectivity index is 1.51. The molecule has 0 aliphatic heterocycles. The van der Waals surface area contributed by atoms with Gasteiger partial charge in [-0.05, 0) is 43.5 Å². The largest absolute Gasteiger partial charge is 0.483 e. The van der Waals surface area contributed by atoms with Crippen molar-refractivity contribution in [2.75, 3.05) is 11.1 Å². The second-order valence-electron chi connectivity index (χ2n) is 6.12. The monoisotopic (exact) mass is 383 g/mol. The number of aryl methyl sites for hydroxylation is 3. The molecule has 1 N–H and O–H groups in total. The molecule has 0 fully saturated rings. The SMILES string of the molecule is Cc1ccccc1NC(=O)CSc1nnc(COc2c(C)cccc2C)o1. The van der Waals surface area contributed by atoms with Crippen LogP contribution in [0.2, 0.25) is 0 Å². The van der Waals surface area contributed by atoms with E-state index in [2.05, 4.69) is 15.5 Å². The van der Waals surface area contributed by atoms with E-state index in [0.29, 0.717) is 11.1 Å². The van der Waals surface area contributed by atoms with Gasteiger partial charge in [-0.15, -0.1) is 10.2 Å². The highest BCUT2D eigenvalue weighted by atomic mass is 32.2. The van der Waals surface area contributed by atoms with Gasteiger partial charge in [0.25, 0.3) is 11.1 Å². The lowest BCUT2D eigenvalue weighted by Crippen LogP contribution is -2.14. The molecule has 1 heterocycles. The van der Waals surface area contributed by atoms with Crippen molar-refractivity contribution < 1.29 is 13.9 Å². The van der Waals surface area contributed by atoms with Crippen LogP contribution in [0.4, 0.5) is 5.69 Å². The van der Waals surface area contributed by atoms with E-state index in [1.165, 1.54) is 11.8 Å². The van der Waals surface area contributed by atoms with E-state index in [1.807, 2.05) is 63.2 Å². The molecule has 7 heteroatoms. The van der Waals surface area contributed by atoms with Crippen molar-refractivity contribution in [1.82, 2.24) is 10.2 Å². The van der Waals surface area contributed by atoms with Crippen LogP contribution >= 0.6 is 11.8 Å². The summed E-state index contributed by atoms with van der Waals surface area (Å²) in [6, 6.07) is 13.6. The third-order valence-corrected chi connectivity index (χ3v) is 4.76. The van der Waals surface area contributed by atoms with Crippen LogP contribution in [0.3, 0.4) is 0 Å². The predicted molar refractivity (Wildman–Crippen MR) is 105 cm³/mol. The van der Waals surface area contributed by atoms with Crippen molar-refractivity contribution in [2.24, 2.45) is 0 Å². The lowest BCUT2D eigenvalue weighted by atomic mass is 10.1. The van der Waals surface area contributed by atoms with Crippen molar-refractivity contribution >= 4 is 23.4 Å². The van der Waals surface area contributed by atoms with Crippen molar-refractivity contribution in [1.29, 1.82) is 0 Å². The zero-order chi connectivity index (χ0) is 19.2. The normalized spacial score (nSPS) is 10.6. The fraction of sp³-hybridized carbons (Fsp3) is 0.250. The minimum atomic E-state index is -0.124. The van der Waals surface area contributed by atoms with Crippen LogP contribution in [-0.4, -0.2) is 21.9 Å². The Morgan fingerprint density at radius 1 is 1.04 bits per heavy atom. The summed E-state index contributed by atoms with van der Waals surface area (Å²) in [5.41, 5.74) is 3.92. The van der Waals surface area contributed by atoms with Crippen LogP contribution in [0.1, 0.15) is 22.6 Å². The molecule has 0 spiro atoms. The number of amides is 1. The molecule has 0 saturated heterocycles. The van der Waals surface area contributed by atoms with Gasteiger partial charge in [0.15, 0.2) is 6.61 Å². The van der Waals surface area contributed by atoms with Crippen molar-refractivity contribution in [3.05, 3.63) is 65.0 Å². The molecule has 1 amide bonds. The molecule has 1 aromatic heterocycles. The molecule has 0 bridgehead atoms. The zero-order valence-corrected chi connectivity index (χ0v) is 16.3. The van der Waals surface area contributed by atoms with Gasteiger partial charge in [-0.25, -0.2) is 0 Å². The standard InChI is InChI=1S/C20H21N3O3S/c1-13-7-4-5-10-16(13)21-17(24)12-27-20-23-22-18(26-20)11-25-19-14(2)8-6-9-15(19)3/h4-10H,11-12H2,1-3H3,(H,21,24). The lowest BCUT2D eigenvalue weighted by Gasteiger charge is -2.09. The Bertz CT molecular complexity index is 919. The summed E-state index contributed by atoms with van der Waals surface area (Å²) in [6.45, 7) is 6.12. The first kappa shape index (κ1) is 19.0. The Kier molecular flexibility index (Phi) is 6.13. The van der Waals surface area contributed by atoms with Gasteiger partial charge in [-0.3, -0.25) is 4.79 Å². The maximum atomic E-state index is 12.1. The van der Waals surface area contributed by atoms with E-state index >= 15 is 0 Å². The smallest absolute Gasteiger partial charge is 0.277 e. The molecule has 6 nitrogen and oxygen atoms in total. The van der Waals surface area contributed by atoms with Crippen LogP contribution in [0.15, 0.2) is 52.1 Å². The first-order valence-electron chi connectivity index (χ1n) is 8.52. The van der Waals surface area contributed by atoms with Gasteiger partial charge in [0, 0.05) is 5.69 Å². The quantitative estimate of drug-likeness (QED) is 0.613. The summed E-state index contributed by atoms with van der Waals surface area (Å²) < 4.78 is 11.3. The number of carbonyl (C=O) groups is 1. The number of benzene rings is 2. The molecule has 140 valence electrons. The molecule has 2 aromatic carbocycles. The minimum Gasteiger partial charge on any atom is -0.483 e. The molecular formula is C20H21N3O3S. The highest BCUT2D eigenvalue weighted by molar-refractivity contribution is 7.99. The number of nitrogens with one attached hydrogen (secondary N) is 1. The van der Waals surface area contributed by atoms with E-state index in [-0.39, 0.29) is 18.3 Å². The summed E-state index contributed by atoms with van der Waals surface area (Å²) in [6.07, 6.45) is 0. The van der Waals surface area contributed by atoms with Gasteiger partial charge < -0.3 is 14.5 Å². The number of hydrogen-bond donors (Lipinski definition) is 1. The Labute approximate surface area is 162 Å². The molecule has 0 aliphatic carbocycles. The van der Waals surface area contributed by atoms with Gasteiger partial charge in [-0.2, -0.15) is 0 Å². The number of hydrogen-bond acceptors (Lipinski definition) is 6. The van der Waals surface area contributed by atoms with Crippen molar-refractivity contribution in [3.8, 4) is 5.75 Å². The van der Waals surface area contributed by atoms with Crippen LogP contribution in [0.5, 0.6) is 5.75 Å². The molecule has 0 unspecified atom stereocenters. The maximum Gasteiger partial charge on any atom is 0.277 e. The van der Waals surface area contributed by atoms with Crippen LogP contribution in [0, 0.1) is 20.8 Å². The Hall–Kier alpha value is -2.80. The minimum absolute atomic E-state index is 0.124. The van der Waals surface area contributed by atoms with E-state index in [4.69, 9.17) is 9.15 Å². The van der Waals surface area contributed by atoms with Crippen LogP contribution in [0.25, 0.3) is 0 Å². The van der Waals surface area contributed by atoms with Gasteiger partial charge in [0.2, 0.25) is 5.91 Å². The number of thioether (sulfide) groups is 1. The predicted octanol–water partition coefficient (Wildman–Crippen LogP) is 4.30. The first-order valence-corrected chi connectivity index (χ1v) is 9.51. The topological polar surface area (TPSA) is 77.2 Å². The molecule has 0 atom stereocenters. The second-order valence-corrected chi connectivity index (χ2v) is 7.05. The molecule has 0 saturated carbocycles. The molecule has 3 rings (SSSR count). The first-order chi connectivity index (χ1) is 13.0. The van der Waals surface area contributed by atoms with Crippen LogP contribution < -0.4 is 10.1 Å². The summed E-state index contributed by atoms with van der Waals surface area (Å²) in [5, 5.41) is 11.1. The summed E-state index contributed by atoms with van der Waals surface area (Å²) in [5.74, 6) is 1.26. The Morgan fingerprint density at radius 3 is 2.48 bits per heavy atom. The van der Waals surface area contributed by atoms with Gasteiger partial charge in [0.1, 0.15) is 5.75 Å². The average molecular weight is 383 g/mol. The van der Waals surface area contributed by atoms with Gasteiger partial charge >= 0.3 is 0 Å². The molecule has 0 aliphatic rings. The molecular weight excluding hydrogens is 362 g/mol. The Morgan fingerprint density at radius 2 is 1.74 bits per heavy atom. The number of anilines is 1. The molecule has 3 aromatic rings. The van der Waals surface area contributed by atoms with E-state index in [9.17, 15) is 4.79 Å². The number of carbonyl (C=O) groups excluding carboxylic acids is 1. The third-order valence-electron chi connectivity index (χ3n) is 3.94. The second kappa shape index (κ2) is 8.73. The highest BCUT2D eigenvalue weighted by Gasteiger charge is 2.12. The number of aromatic nitrogens is 2. The van der Waals surface area contributed by atoms with Crippen LogP contribution in [-0.2, 0) is 11.4 Å². The average Bonchev–Trinajstić information content (AvgIpc) is 3.09. The van der Waals surface area contributed by atoms with Gasteiger partial charge in [0.05, 0.1) is 5.75 Å². The summed E-state index contributed by atoms with van der Waals surface area (Å²) in [4.78, 5) is 12.1. The van der Waals surface area contributed by atoms with Crippen molar-refractivity contribution in [2.45, 2.75) is 32.6 Å². The third kappa shape index (κ3) is 5.10. The maximum absolute atomic E-state index is 12.1. The van der Waals surface area contributed by atoms with Crippen molar-refractivity contribution in [3.63, 3.8) is 0 Å². The van der Waals surface area contributed by atoms with E-state index in [1.54, 1.807) is 0 Å². The number of nitrogens with zero attached hydrogens (tertiary/aromatic N) is 2. The number of ether oxygens (including phenoxy) is 1. The van der Waals surface area contributed by atoms with Gasteiger partial charge in [-0.1, -0.05) is 48.2 Å². The number of para-hydroxylation sites is 2. The molecule has 27 heavy (non-hydrogen) atoms.